The van der Waals surface area contributed by atoms with E-state index in [1.54, 1.807) is 0 Å². The molecular weight excluding hydrogens is 212 g/mol. The standard InChI is InChI=1S/C14H30N2O/c1-5-8-15-12(2)14(3,4)11-16-9-6-7-13(16)10-17/h12-13,15,17H,5-11H2,1-4H3. The summed E-state index contributed by atoms with van der Waals surface area (Å²) < 4.78 is 0. The minimum absolute atomic E-state index is 0.257. The van der Waals surface area contributed by atoms with E-state index in [1.807, 2.05) is 0 Å². The molecule has 3 nitrogen and oxygen atoms in total. The van der Waals surface area contributed by atoms with Crippen molar-refractivity contribution in [3.8, 4) is 0 Å². The smallest absolute Gasteiger partial charge is 0.0586 e. The van der Waals surface area contributed by atoms with Gasteiger partial charge in [0, 0.05) is 18.6 Å². The maximum atomic E-state index is 9.36. The Bertz CT molecular complexity index is 218. The van der Waals surface area contributed by atoms with Crippen LogP contribution in [0.2, 0.25) is 0 Å². The van der Waals surface area contributed by atoms with Gasteiger partial charge in [-0.3, -0.25) is 4.90 Å². The number of hydrogen-bond donors (Lipinski definition) is 2. The van der Waals surface area contributed by atoms with Crippen LogP contribution in [0.15, 0.2) is 0 Å². The summed E-state index contributed by atoms with van der Waals surface area (Å²) in [7, 11) is 0. The molecule has 1 aliphatic heterocycles. The Hall–Kier alpha value is -0.120. The van der Waals surface area contributed by atoms with Crippen LogP contribution in [-0.2, 0) is 0 Å². The quantitative estimate of drug-likeness (QED) is 0.715. The molecule has 0 spiro atoms. The first-order valence-corrected chi connectivity index (χ1v) is 7.09. The van der Waals surface area contributed by atoms with Gasteiger partial charge in [-0.2, -0.15) is 0 Å². The van der Waals surface area contributed by atoms with Crippen LogP contribution in [0.5, 0.6) is 0 Å². The van der Waals surface area contributed by atoms with E-state index in [4.69, 9.17) is 0 Å². The molecule has 17 heavy (non-hydrogen) atoms. The third-order valence-electron chi connectivity index (χ3n) is 4.19. The van der Waals surface area contributed by atoms with Crippen LogP contribution >= 0.6 is 0 Å². The van der Waals surface area contributed by atoms with E-state index in [1.165, 1.54) is 12.8 Å². The van der Waals surface area contributed by atoms with Crippen molar-refractivity contribution < 1.29 is 5.11 Å². The lowest BCUT2D eigenvalue weighted by molar-refractivity contribution is 0.0996. The van der Waals surface area contributed by atoms with Gasteiger partial charge in [0.1, 0.15) is 0 Å². The first kappa shape index (κ1) is 14.9. The van der Waals surface area contributed by atoms with Crippen molar-refractivity contribution in [2.45, 2.75) is 59.0 Å². The van der Waals surface area contributed by atoms with Gasteiger partial charge >= 0.3 is 0 Å². The van der Waals surface area contributed by atoms with Gasteiger partial charge in [0.25, 0.3) is 0 Å². The first-order chi connectivity index (χ1) is 8.01. The molecule has 0 aromatic carbocycles. The number of hydrogen-bond acceptors (Lipinski definition) is 3. The Morgan fingerprint density at radius 2 is 2.18 bits per heavy atom. The second-order valence-electron chi connectivity index (χ2n) is 6.11. The lowest BCUT2D eigenvalue weighted by atomic mass is 9.84. The Morgan fingerprint density at radius 3 is 2.76 bits per heavy atom. The normalized spacial score (nSPS) is 24.2. The van der Waals surface area contributed by atoms with E-state index >= 15 is 0 Å². The molecule has 0 saturated carbocycles. The summed E-state index contributed by atoms with van der Waals surface area (Å²) in [6.07, 6.45) is 3.57. The first-order valence-electron chi connectivity index (χ1n) is 7.09. The van der Waals surface area contributed by atoms with Crippen LogP contribution in [0.4, 0.5) is 0 Å². The lowest BCUT2D eigenvalue weighted by Crippen LogP contribution is -2.48. The number of likely N-dealkylation sites (tertiary alicyclic amines) is 1. The lowest BCUT2D eigenvalue weighted by Gasteiger charge is -2.38. The van der Waals surface area contributed by atoms with Crippen molar-refractivity contribution in [2.75, 3.05) is 26.2 Å². The molecule has 0 aliphatic carbocycles. The van der Waals surface area contributed by atoms with Crippen LogP contribution in [-0.4, -0.2) is 48.3 Å². The minimum atomic E-state index is 0.257. The van der Waals surface area contributed by atoms with E-state index in [-0.39, 0.29) is 5.41 Å². The van der Waals surface area contributed by atoms with Crippen LogP contribution in [0, 0.1) is 5.41 Å². The molecule has 3 heteroatoms. The van der Waals surface area contributed by atoms with Crippen LogP contribution in [0.25, 0.3) is 0 Å². The summed E-state index contributed by atoms with van der Waals surface area (Å²) in [6, 6.07) is 0.912. The zero-order valence-corrected chi connectivity index (χ0v) is 12.0. The average molecular weight is 242 g/mol. The van der Waals surface area contributed by atoms with Crippen molar-refractivity contribution in [1.82, 2.24) is 10.2 Å². The number of aliphatic hydroxyl groups is 1. The Morgan fingerprint density at radius 1 is 1.47 bits per heavy atom. The van der Waals surface area contributed by atoms with E-state index < -0.39 is 0 Å². The van der Waals surface area contributed by atoms with Gasteiger partial charge in [0.2, 0.25) is 0 Å². The molecule has 2 unspecified atom stereocenters. The number of aliphatic hydroxyl groups excluding tert-OH is 1. The predicted molar refractivity (Wildman–Crippen MR) is 73.2 cm³/mol. The Labute approximate surface area is 107 Å². The van der Waals surface area contributed by atoms with E-state index in [0.717, 1.165) is 26.1 Å². The van der Waals surface area contributed by atoms with Gasteiger partial charge < -0.3 is 10.4 Å². The molecule has 0 radical (unpaired) electrons. The van der Waals surface area contributed by atoms with Crippen LogP contribution in [0.3, 0.4) is 0 Å². The van der Waals surface area contributed by atoms with Gasteiger partial charge in [0.05, 0.1) is 6.61 Å². The average Bonchev–Trinajstić information content (AvgIpc) is 2.72. The molecule has 1 rings (SSSR count). The molecule has 1 heterocycles. The zero-order valence-electron chi connectivity index (χ0n) is 12.0. The highest BCUT2D eigenvalue weighted by atomic mass is 16.3. The van der Waals surface area contributed by atoms with Crippen molar-refractivity contribution in [2.24, 2.45) is 5.41 Å². The monoisotopic (exact) mass is 242 g/mol. The molecule has 2 N–H and O–H groups in total. The number of rotatable bonds is 7. The molecule has 102 valence electrons. The highest BCUT2D eigenvalue weighted by Crippen LogP contribution is 2.27. The third-order valence-corrected chi connectivity index (χ3v) is 4.19. The molecule has 0 aromatic rings. The van der Waals surface area contributed by atoms with Gasteiger partial charge in [0.15, 0.2) is 0 Å². The highest BCUT2D eigenvalue weighted by Gasteiger charge is 2.32. The topological polar surface area (TPSA) is 35.5 Å². The maximum absolute atomic E-state index is 9.36. The van der Waals surface area contributed by atoms with Gasteiger partial charge in [-0.1, -0.05) is 20.8 Å². The van der Waals surface area contributed by atoms with E-state index in [0.29, 0.717) is 18.7 Å². The predicted octanol–water partition coefficient (Wildman–Crippen LogP) is 1.86. The summed E-state index contributed by atoms with van der Waals surface area (Å²) in [6.45, 7) is 12.8. The molecule has 0 bridgehead atoms. The molecule has 0 aromatic heterocycles. The fraction of sp³-hybridized carbons (Fsp3) is 1.00. The zero-order chi connectivity index (χ0) is 12.9. The van der Waals surface area contributed by atoms with Gasteiger partial charge in [-0.05, 0) is 44.7 Å². The number of nitrogens with zero attached hydrogens (tertiary/aromatic N) is 1. The number of nitrogens with one attached hydrogen (secondary N) is 1. The maximum Gasteiger partial charge on any atom is 0.0586 e. The fourth-order valence-electron chi connectivity index (χ4n) is 2.61. The van der Waals surface area contributed by atoms with E-state index in [9.17, 15) is 5.11 Å². The highest BCUT2D eigenvalue weighted by molar-refractivity contribution is 4.88. The molecule has 0 amide bonds. The minimum Gasteiger partial charge on any atom is -0.395 e. The third kappa shape index (κ3) is 4.23. The molecular formula is C14H30N2O. The fourth-order valence-corrected chi connectivity index (χ4v) is 2.61. The van der Waals surface area contributed by atoms with Crippen LogP contribution < -0.4 is 5.32 Å². The Kier molecular flexibility index (Phi) is 5.90. The second-order valence-corrected chi connectivity index (χ2v) is 6.11. The summed E-state index contributed by atoms with van der Waals surface area (Å²) >= 11 is 0. The summed E-state index contributed by atoms with van der Waals surface area (Å²) in [5, 5.41) is 12.9. The van der Waals surface area contributed by atoms with Gasteiger partial charge in [-0.15, -0.1) is 0 Å². The van der Waals surface area contributed by atoms with Crippen LogP contribution in [0.1, 0.15) is 47.0 Å². The van der Waals surface area contributed by atoms with Crippen molar-refractivity contribution in [3.05, 3.63) is 0 Å². The summed E-state index contributed by atoms with van der Waals surface area (Å²) in [5.74, 6) is 0. The summed E-state index contributed by atoms with van der Waals surface area (Å²) in [5.41, 5.74) is 0.257. The van der Waals surface area contributed by atoms with Gasteiger partial charge in [-0.25, -0.2) is 0 Å². The Balaban J connectivity index is 2.46. The molecule has 1 fully saturated rings. The van der Waals surface area contributed by atoms with Crippen molar-refractivity contribution in [1.29, 1.82) is 0 Å². The van der Waals surface area contributed by atoms with Crippen molar-refractivity contribution >= 4 is 0 Å². The SMILES string of the molecule is CCCNC(C)C(C)(C)CN1CCCC1CO. The molecule has 1 saturated heterocycles. The largest absolute Gasteiger partial charge is 0.395 e. The van der Waals surface area contributed by atoms with Crippen molar-refractivity contribution in [3.63, 3.8) is 0 Å². The molecule has 2 atom stereocenters. The van der Waals surface area contributed by atoms with E-state index in [2.05, 4.69) is 37.9 Å². The second kappa shape index (κ2) is 6.72. The molecule has 1 aliphatic rings. The summed E-state index contributed by atoms with van der Waals surface area (Å²) in [4.78, 5) is 2.46.